The first kappa shape index (κ1) is 14.3. The minimum absolute atomic E-state index is 0.0607. The molecule has 0 heterocycles. The van der Waals surface area contributed by atoms with Crippen LogP contribution in [0.2, 0.25) is 0 Å². The number of rotatable bonds is 6. The van der Waals surface area contributed by atoms with Gasteiger partial charge in [0.15, 0.2) is 9.84 Å². The van der Waals surface area contributed by atoms with E-state index in [4.69, 9.17) is 4.74 Å². The van der Waals surface area contributed by atoms with Gasteiger partial charge in [0, 0.05) is 24.9 Å². The van der Waals surface area contributed by atoms with E-state index in [9.17, 15) is 12.8 Å². The number of ether oxygens (including phenoxy) is 1. The van der Waals surface area contributed by atoms with Gasteiger partial charge in [0.25, 0.3) is 0 Å². The highest BCUT2D eigenvalue weighted by molar-refractivity contribution is 7.90. The maximum atomic E-state index is 13.3. The molecule has 1 aliphatic carbocycles. The fourth-order valence-corrected chi connectivity index (χ4v) is 2.54. The molecule has 0 atom stereocenters. The van der Waals surface area contributed by atoms with Gasteiger partial charge in [-0.05, 0) is 25.0 Å². The van der Waals surface area contributed by atoms with Gasteiger partial charge in [-0.2, -0.15) is 0 Å². The maximum absolute atomic E-state index is 13.3. The fraction of sp³-hybridized carbons (Fsp3) is 0.538. The molecule has 0 unspecified atom stereocenters. The molecule has 19 heavy (non-hydrogen) atoms. The fourth-order valence-electron chi connectivity index (χ4n) is 1.88. The molecule has 0 radical (unpaired) electrons. The van der Waals surface area contributed by atoms with E-state index in [1.807, 2.05) is 0 Å². The van der Waals surface area contributed by atoms with Gasteiger partial charge in [-0.1, -0.05) is 6.42 Å². The van der Waals surface area contributed by atoms with Crippen LogP contribution in [-0.4, -0.2) is 33.9 Å². The highest BCUT2D eigenvalue weighted by atomic mass is 32.2. The van der Waals surface area contributed by atoms with Crippen molar-refractivity contribution in [2.45, 2.75) is 30.2 Å². The second kappa shape index (κ2) is 5.88. The van der Waals surface area contributed by atoms with Crippen LogP contribution in [0.25, 0.3) is 0 Å². The van der Waals surface area contributed by atoms with Gasteiger partial charge in [0.1, 0.15) is 18.2 Å². The molecule has 0 saturated heterocycles. The Labute approximate surface area is 112 Å². The van der Waals surface area contributed by atoms with Crippen LogP contribution in [0.3, 0.4) is 0 Å². The third-order valence-corrected chi connectivity index (χ3v) is 4.27. The lowest BCUT2D eigenvalue weighted by molar-refractivity contribution is 0.274. The average Bonchev–Trinajstić information content (AvgIpc) is 2.24. The molecule has 4 nitrogen and oxygen atoms in total. The molecule has 0 aliphatic heterocycles. The molecule has 1 saturated carbocycles. The average molecular weight is 287 g/mol. The van der Waals surface area contributed by atoms with Crippen molar-refractivity contribution in [3.63, 3.8) is 0 Å². The molecule has 1 fully saturated rings. The van der Waals surface area contributed by atoms with Gasteiger partial charge in [-0.3, -0.25) is 0 Å². The molecule has 0 amide bonds. The van der Waals surface area contributed by atoms with E-state index in [-0.39, 0.29) is 10.6 Å². The van der Waals surface area contributed by atoms with E-state index in [0.717, 1.165) is 12.3 Å². The molecule has 1 aromatic carbocycles. The molecule has 1 aromatic rings. The monoisotopic (exact) mass is 287 g/mol. The zero-order chi connectivity index (χ0) is 13.9. The summed E-state index contributed by atoms with van der Waals surface area (Å²) in [5.41, 5.74) is 0. The quantitative estimate of drug-likeness (QED) is 0.810. The number of nitrogens with one attached hydrogen (secondary N) is 1. The zero-order valence-corrected chi connectivity index (χ0v) is 11.7. The molecular weight excluding hydrogens is 269 g/mol. The highest BCUT2D eigenvalue weighted by Gasteiger charge is 2.16. The summed E-state index contributed by atoms with van der Waals surface area (Å²) in [7, 11) is -3.42. The Kier molecular flexibility index (Phi) is 4.42. The standard InChI is InChI=1S/C13H18FNO3S/c1-19(16,17)13-8-10(14)7-12(9-13)18-6-5-15-11-3-2-4-11/h7-9,11,15H,2-6H2,1H3. The summed E-state index contributed by atoms with van der Waals surface area (Å²) in [6.07, 6.45) is 4.69. The molecule has 0 bridgehead atoms. The van der Waals surface area contributed by atoms with Crippen molar-refractivity contribution in [1.29, 1.82) is 0 Å². The van der Waals surface area contributed by atoms with Gasteiger partial charge in [-0.15, -0.1) is 0 Å². The predicted molar refractivity (Wildman–Crippen MR) is 70.6 cm³/mol. The molecule has 0 aromatic heterocycles. The van der Waals surface area contributed by atoms with E-state index in [1.165, 1.54) is 31.4 Å². The van der Waals surface area contributed by atoms with Crippen molar-refractivity contribution in [3.8, 4) is 5.75 Å². The largest absolute Gasteiger partial charge is 0.492 e. The van der Waals surface area contributed by atoms with Gasteiger partial charge >= 0.3 is 0 Å². The first-order chi connectivity index (χ1) is 8.95. The van der Waals surface area contributed by atoms with E-state index in [1.54, 1.807) is 0 Å². The number of halogens is 1. The van der Waals surface area contributed by atoms with Gasteiger partial charge < -0.3 is 10.1 Å². The third-order valence-electron chi connectivity index (χ3n) is 3.18. The van der Waals surface area contributed by atoms with Crippen LogP contribution in [0, 0.1) is 5.82 Å². The summed E-state index contributed by atoms with van der Waals surface area (Å²) < 4.78 is 41.4. The second-order valence-electron chi connectivity index (χ2n) is 4.83. The summed E-state index contributed by atoms with van der Waals surface area (Å²) >= 11 is 0. The Morgan fingerprint density at radius 1 is 1.37 bits per heavy atom. The lowest BCUT2D eigenvalue weighted by Gasteiger charge is -2.26. The Morgan fingerprint density at radius 3 is 2.68 bits per heavy atom. The summed E-state index contributed by atoms with van der Waals surface area (Å²) in [5, 5.41) is 3.31. The molecule has 2 rings (SSSR count). The normalized spacial score (nSPS) is 16.1. The van der Waals surface area contributed by atoms with Crippen LogP contribution < -0.4 is 10.1 Å². The van der Waals surface area contributed by atoms with Crippen molar-refractivity contribution in [1.82, 2.24) is 5.32 Å². The van der Waals surface area contributed by atoms with Gasteiger partial charge in [0.2, 0.25) is 0 Å². The minimum atomic E-state index is -3.42. The number of hydrogen-bond acceptors (Lipinski definition) is 4. The second-order valence-corrected chi connectivity index (χ2v) is 6.84. The van der Waals surface area contributed by atoms with E-state index >= 15 is 0 Å². The molecule has 1 N–H and O–H groups in total. The summed E-state index contributed by atoms with van der Waals surface area (Å²) in [4.78, 5) is -0.0607. The van der Waals surface area contributed by atoms with Crippen molar-refractivity contribution >= 4 is 9.84 Å². The van der Waals surface area contributed by atoms with Crippen molar-refractivity contribution < 1.29 is 17.5 Å². The van der Waals surface area contributed by atoms with Crippen LogP contribution in [0.1, 0.15) is 19.3 Å². The Balaban J connectivity index is 1.90. The van der Waals surface area contributed by atoms with Crippen LogP contribution in [0.5, 0.6) is 5.75 Å². The predicted octanol–water partition coefficient (Wildman–Crippen LogP) is 1.75. The van der Waals surface area contributed by atoms with Crippen molar-refractivity contribution in [2.24, 2.45) is 0 Å². The first-order valence-corrected chi connectivity index (χ1v) is 8.21. The van der Waals surface area contributed by atoms with E-state index in [2.05, 4.69) is 5.32 Å². The third kappa shape index (κ3) is 4.18. The highest BCUT2D eigenvalue weighted by Crippen LogP contribution is 2.20. The Morgan fingerprint density at radius 2 is 2.11 bits per heavy atom. The molecule has 1 aliphatic rings. The van der Waals surface area contributed by atoms with Gasteiger partial charge in [-0.25, -0.2) is 12.8 Å². The summed E-state index contributed by atoms with van der Waals surface area (Å²) in [6, 6.07) is 4.11. The van der Waals surface area contributed by atoms with Crippen LogP contribution >= 0.6 is 0 Å². The lowest BCUT2D eigenvalue weighted by atomic mass is 9.93. The SMILES string of the molecule is CS(=O)(=O)c1cc(F)cc(OCCNC2CCC2)c1. The Hall–Kier alpha value is -1.14. The molecule has 0 spiro atoms. The summed E-state index contributed by atoms with van der Waals surface area (Å²) in [5.74, 6) is -0.360. The van der Waals surface area contributed by atoms with Crippen LogP contribution in [0.4, 0.5) is 4.39 Å². The lowest BCUT2D eigenvalue weighted by Crippen LogP contribution is -2.37. The van der Waals surface area contributed by atoms with Gasteiger partial charge in [0.05, 0.1) is 4.90 Å². The maximum Gasteiger partial charge on any atom is 0.175 e. The smallest absolute Gasteiger partial charge is 0.175 e. The summed E-state index contributed by atoms with van der Waals surface area (Å²) in [6.45, 7) is 1.07. The van der Waals surface area contributed by atoms with Crippen molar-refractivity contribution in [2.75, 3.05) is 19.4 Å². The van der Waals surface area contributed by atoms with E-state index < -0.39 is 15.7 Å². The molecule has 6 heteroatoms. The zero-order valence-electron chi connectivity index (χ0n) is 10.9. The number of hydrogen-bond donors (Lipinski definition) is 1. The Bertz CT molecular complexity index is 541. The van der Waals surface area contributed by atoms with E-state index in [0.29, 0.717) is 19.2 Å². The van der Waals surface area contributed by atoms with Crippen molar-refractivity contribution in [3.05, 3.63) is 24.0 Å². The minimum Gasteiger partial charge on any atom is -0.492 e. The first-order valence-electron chi connectivity index (χ1n) is 6.32. The number of benzene rings is 1. The van der Waals surface area contributed by atoms with Crippen LogP contribution in [-0.2, 0) is 9.84 Å². The van der Waals surface area contributed by atoms with Crippen LogP contribution in [0.15, 0.2) is 23.1 Å². The topological polar surface area (TPSA) is 55.4 Å². The molecule has 106 valence electrons. The molecular formula is C13H18FNO3S. The number of sulfone groups is 1.